The minimum Gasteiger partial charge on any atom is -0.323 e. The van der Waals surface area contributed by atoms with E-state index < -0.39 is 10.0 Å². The monoisotopic (exact) mass is 384 g/mol. The fourth-order valence-corrected chi connectivity index (χ4v) is 3.88. The van der Waals surface area contributed by atoms with Gasteiger partial charge in [0.05, 0.1) is 11.4 Å². The first-order valence-electron chi connectivity index (χ1n) is 8.63. The van der Waals surface area contributed by atoms with E-state index in [1.165, 1.54) is 17.0 Å². The number of benzene rings is 2. The molecule has 0 fully saturated rings. The summed E-state index contributed by atoms with van der Waals surface area (Å²) >= 11 is 0. The summed E-state index contributed by atoms with van der Waals surface area (Å²) in [6.45, 7) is 5.95. The van der Waals surface area contributed by atoms with Crippen LogP contribution >= 0.6 is 0 Å². The van der Waals surface area contributed by atoms with Gasteiger partial charge in [0.1, 0.15) is 0 Å². The number of carbonyl (C=O) groups excluding carboxylic acids is 1. The van der Waals surface area contributed by atoms with Gasteiger partial charge in [0, 0.05) is 18.2 Å². The Morgan fingerprint density at radius 1 is 1.19 bits per heavy atom. The van der Waals surface area contributed by atoms with Gasteiger partial charge in [-0.3, -0.25) is 4.79 Å². The standard InChI is InChI=1S/C21H24N2O3S/c1-5-13-23(15-18-11-9-17(4)10-12-18)21(24)19-7-6-8-20(14-19)27(25,26)22-16(2)3/h1,6-12,14,16,22H,13,15H2,2-4H3. The Morgan fingerprint density at radius 2 is 1.85 bits per heavy atom. The lowest BCUT2D eigenvalue weighted by atomic mass is 10.1. The Balaban J connectivity index is 2.29. The zero-order valence-electron chi connectivity index (χ0n) is 15.8. The van der Waals surface area contributed by atoms with Crippen LogP contribution in [-0.4, -0.2) is 31.8 Å². The Kier molecular flexibility index (Phi) is 6.78. The summed E-state index contributed by atoms with van der Waals surface area (Å²) in [6, 6.07) is 13.6. The molecule has 0 saturated carbocycles. The average molecular weight is 385 g/mol. The number of terminal acetylenes is 1. The Morgan fingerprint density at radius 3 is 2.44 bits per heavy atom. The van der Waals surface area contributed by atoms with Gasteiger partial charge in [0.25, 0.3) is 5.91 Å². The first kappa shape index (κ1) is 20.7. The number of carbonyl (C=O) groups is 1. The number of rotatable bonds is 7. The minimum absolute atomic E-state index is 0.0537. The molecule has 142 valence electrons. The summed E-state index contributed by atoms with van der Waals surface area (Å²) in [4.78, 5) is 14.5. The van der Waals surface area contributed by atoms with E-state index in [0.717, 1.165) is 11.1 Å². The van der Waals surface area contributed by atoms with Crippen LogP contribution in [0.2, 0.25) is 0 Å². The van der Waals surface area contributed by atoms with Crippen LogP contribution in [0.1, 0.15) is 35.3 Å². The molecule has 0 radical (unpaired) electrons. The van der Waals surface area contributed by atoms with Crippen molar-refractivity contribution < 1.29 is 13.2 Å². The highest BCUT2D eigenvalue weighted by atomic mass is 32.2. The van der Waals surface area contributed by atoms with Crippen molar-refractivity contribution in [1.29, 1.82) is 0 Å². The molecular formula is C21H24N2O3S. The second kappa shape index (κ2) is 8.85. The third-order valence-electron chi connectivity index (χ3n) is 3.85. The van der Waals surface area contributed by atoms with Crippen molar-refractivity contribution >= 4 is 15.9 Å². The van der Waals surface area contributed by atoms with Crippen LogP contribution in [0.15, 0.2) is 53.4 Å². The predicted molar refractivity (Wildman–Crippen MR) is 107 cm³/mol. The maximum Gasteiger partial charge on any atom is 0.254 e. The molecule has 27 heavy (non-hydrogen) atoms. The van der Waals surface area contributed by atoms with Crippen molar-refractivity contribution in [3.63, 3.8) is 0 Å². The van der Waals surface area contributed by atoms with E-state index in [4.69, 9.17) is 6.42 Å². The molecule has 1 amide bonds. The fraction of sp³-hybridized carbons (Fsp3) is 0.286. The van der Waals surface area contributed by atoms with Crippen molar-refractivity contribution in [3.05, 3.63) is 65.2 Å². The molecule has 0 aliphatic heterocycles. The van der Waals surface area contributed by atoms with Crippen LogP contribution in [0.25, 0.3) is 0 Å². The largest absolute Gasteiger partial charge is 0.323 e. The maximum absolute atomic E-state index is 12.9. The molecule has 6 heteroatoms. The molecule has 0 aromatic heterocycles. The van der Waals surface area contributed by atoms with Crippen LogP contribution < -0.4 is 4.72 Å². The van der Waals surface area contributed by atoms with E-state index in [2.05, 4.69) is 10.6 Å². The van der Waals surface area contributed by atoms with Crippen molar-refractivity contribution in [2.45, 2.75) is 38.3 Å². The zero-order valence-corrected chi connectivity index (χ0v) is 16.6. The van der Waals surface area contributed by atoms with E-state index in [1.807, 2.05) is 31.2 Å². The van der Waals surface area contributed by atoms with Gasteiger partial charge in [-0.05, 0) is 44.5 Å². The van der Waals surface area contributed by atoms with Crippen LogP contribution in [0.4, 0.5) is 0 Å². The third-order valence-corrected chi connectivity index (χ3v) is 5.50. The zero-order chi connectivity index (χ0) is 20.0. The first-order valence-corrected chi connectivity index (χ1v) is 10.1. The second-order valence-corrected chi connectivity index (χ2v) is 8.37. The number of amides is 1. The number of aryl methyl sites for hydroxylation is 1. The maximum atomic E-state index is 12.9. The average Bonchev–Trinajstić information content (AvgIpc) is 2.61. The van der Waals surface area contributed by atoms with Crippen molar-refractivity contribution in [2.24, 2.45) is 0 Å². The van der Waals surface area contributed by atoms with E-state index in [0.29, 0.717) is 6.54 Å². The summed E-state index contributed by atoms with van der Waals surface area (Å²) in [5.74, 6) is 2.19. The van der Waals surface area contributed by atoms with Gasteiger partial charge < -0.3 is 4.90 Å². The molecule has 2 aromatic carbocycles. The first-order chi connectivity index (χ1) is 12.7. The van der Waals surface area contributed by atoms with Gasteiger partial charge in [-0.25, -0.2) is 13.1 Å². The Bertz CT molecular complexity index is 942. The molecule has 0 spiro atoms. The van der Waals surface area contributed by atoms with E-state index >= 15 is 0 Å². The highest BCUT2D eigenvalue weighted by molar-refractivity contribution is 7.89. The predicted octanol–water partition coefficient (Wildman–Crippen LogP) is 2.96. The highest BCUT2D eigenvalue weighted by Crippen LogP contribution is 2.16. The molecule has 0 atom stereocenters. The van der Waals surface area contributed by atoms with Crippen molar-refractivity contribution in [1.82, 2.24) is 9.62 Å². The molecule has 0 bridgehead atoms. The van der Waals surface area contributed by atoms with Crippen LogP contribution in [-0.2, 0) is 16.6 Å². The minimum atomic E-state index is -3.68. The number of nitrogens with one attached hydrogen (secondary N) is 1. The molecule has 2 rings (SSSR count). The Labute approximate surface area is 161 Å². The van der Waals surface area contributed by atoms with Gasteiger partial charge >= 0.3 is 0 Å². The van der Waals surface area contributed by atoms with Gasteiger partial charge in [0.15, 0.2) is 0 Å². The lowest BCUT2D eigenvalue weighted by molar-refractivity contribution is 0.0765. The topological polar surface area (TPSA) is 66.5 Å². The lowest BCUT2D eigenvalue weighted by Crippen LogP contribution is -2.32. The smallest absolute Gasteiger partial charge is 0.254 e. The van der Waals surface area contributed by atoms with Crippen LogP contribution in [0.3, 0.4) is 0 Å². The van der Waals surface area contributed by atoms with Gasteiger partial charge in [-0.1, -0.05) is 41.8 Å². The normalized spacial score (nSPS) is 11.2. The summed E-state index contributed by atoms with van der Waals surface area (Å²) in [5.41, 5.74) is 2.36. The molecular weight excluding hydrogens is 360 g/mol. The fourth-order valence-electron chi connectivity index (χ4n) is 2.58. The summed E-state index contributed by atoms with van der Waals surface area (Å²) in [5, 5.41) is 0. The van der Waals surface area contributed by atoms with Crippen LogP contribution in [0, 0.1) is 19.3 Å². The number of sulfonamides is 1. The second-order valence-electron chi connectivity index (χ2n) is 6.65. The molecule has 1 N–H and O–H groups in total. The number of nitrogens with zero attached hydrogens (tertiary/aromatic N) is 1. The third kappa shape index (κ3) is 5.68. The quantitative estimate of drug-likeness (QED) is 0.747. The summed E-state index contributed by atoms with van der Waals surface area (Å²) < 4.78 is 27.3. The summed E-state index contributed by atoms with van der Waals surface area (Å²) in [7, 11) is -3.68. The molecule has 0 aliphatic rings. The van der Waals surface area contributed by atoms with Gasteiger partial charge in [-0.2, -0.15) is 0 Å². The lowest BCUT2D eigenvalue weighted by Gasteiger charge is -2.21. The number of hydrogen-bond donors (Lipinski definition) is 1. The SMILES string of the molecule is C#CCN(Cc1ccc(C)cc1)C(=O)c1cccc(S(=O)(=O)NC(C)C)c1. The molecule has 5 nitrogen and oxygen atoms in total. The Hall–Kier alpha value is -2.62. The molecule has 2 aromatic rings. The van der Waals surface area contributed by atoms with Gasteiger partial charge in [-0.15, -0.1) is 6.42 Å². The van der Waals surface area contributed by atoms with E-state index in [9.17, 15) is 13.2 Å². The molecule has 0 unspecified atom stereocenters. The molecule has 0 aliphatic carbocycles. The number of hydrogen-bond acceptors (Lipinski definition) is 3. The van der Waals surface area contributed by atoms with Crippen molar-refractivity contribution in [3.8, 4) is 12.3 Å². The van der Waals surface area contributed by atoms with E-state index in [1.54, 1.807) is 26.0 Å². The van der Waals surface area contributed by atoms with Crippen molar-refractivity contribution in [2.75, 3.05) is 6.54 Å². The molecule has 0 saturated heterocycles. The van der Waals surface area contributed by atoms with Crippen LogP contribution in [0.5, 0.6) is 0 Å². The van der Waals surface area contributed by atoms with E-state index in [-0.39, 0.29) is 29.0 Å². The van der Waals surface area contributed by atoms with Gasteiger partial charge in [0.2, 0.25) is 10.0 Å². The highest BCUT2D eigenvalue weighted by Gasteiger charge is 2.20. The molecule has 0 heterocycles. The summed E-state index contributed by atoms with van der Waals surface area (Å²) in [6.07, 6.45) is 5.43.